The molecule has 0 aliphatic rings. The van der Waals surface area contributed by atoms with Crippen LogP contribution in [0.5, 0.6) is 0 Å². The molecule has 1 atom stereocenters. The highest BCUT2D eigenvalue weighted by Gasteiger charge is 2.08. The number of aromatic nitrogens is 1. The minimum atomic E-state index is 0.151. The molecule has 0 saturated heterocycles. The van der Waals surface area contributed by atoms with Crippen LogP contribution >= 0.6 is 39.0 Å². The summed E-state index contributed by atoms with van der Waals surface area (Å²) in [4.78, 5) is 5.49. The number of nitrogens with two attached hydrogens (primary N) is 1. The predicted molar refractivity (Wildman–Crippen MR) is 78.7 cm³/mol. The summed E-state index contributed by atoms with van der Waals surface area (Å²) < 4.78 is 1.13. The third-order valence-corrected chi connectivity index (χ3v) is 5.23. The van der Waals surface area contributed by atoms with Gasteiger partial charge < -0.3 is 5.73 Å². The van der Waals surface area contributed by atoms with Crippen LogP contribution in [0.4, 0.5) is 0 Å². The maximum atomic E-state index is 6.09. The van der Waals surface area contributed by atoms with E-state index >= 15 is 0 Å². The van der Waals surface area contributed by atoms with E-state index in [1.54, 1.807) is 23.1 Å². The lowest BCUT2D eigenvalue weighted by Gasteiger charge is -2.10. The molecular formula is C12H13BrN2S2. The van der Waals surface area contributed by atoms with Crippen molar-refractivity contribution in [1.29, 1.82) is 0 Å². The molecule has 0 amide bonds. The van der Waals surface area contributed by atoms with Crippen LogP contribution in [-0.2, 0) is 6.42 Å². The third kappa shape index (κ3) is 4.10. The number of halogens is 1. The molecule has 1 heterocycles. The summed E-state index contributed by atoms with van der Waals surface area (Å²) in [5, 5.41) is 3.11. The van der Waals surface area contributed by atoms with Crippen molar-refractivity contribution in [3.63, 3.8) is 0 Å². The van der Waals surface area contributed by atoms with Crippen LogP contribution in [-0.4, -0.2) is 16.8 Å². The first kappa shape index (κ1) is 13.1. The zero-order valence-electron chi connectivity index (χ0n) is 9.17. The summed E-state index contributed by atoms with van der Waals surface area (Å²) in [5.41, 5.74) is 6.09. The molecule has 0 radical (unpaired) electrons. The fraction of sp³-hybridized carbons (Fsp3) is 0.250. The molecule has 2 N–H and O–H groups in total. The van der Waals surface area contributed by atoms with E-state index in [4.69, 9.17) is 5.73 Å². The highest BCUT2D eigenvalue weighted by atomic mass is 79.9. The van der Waals surface area contributed by atoms with Gasteiger partial charge in [0.15, 0.2) is 0 Å². The van der Waals surface area contributed by atoms with E-state index in [1.807, 2.05) is 23.7 Å². The molecule has 90 valence electrons. The first-order valence-electron chi connectivity index (χ1n) is 5.27. The highest BCUT2D eigenvalue weighted by molar-refractivity contribution is 9.10. The molecule has 0 fully saturated rings. The first-order chi connectivity index (χ1) is 8.25. The van der Waals surface area contributed by atoms with Gasteiger partial charge in [-0.2, -0.15) is 0 Å². The van der Waals surface area contributed by atoms with E-state index in [0.717, 1.165) is 21.7 Å². The molecule has 2 nitrogen and oxygen atoms in total. The van der Waals surface area contributed by atoms with Crippen molar-refractivity contribution in [3.05, 3.63) is 45.3 Å². The molecule has 2 aromatic rings. The van der Waals surface area contributed by atoms with Crippen molar-refractivity contribution < 1.29 is 0 Å². The van der Waals surface area contributed by atoms with Gasteiger partial charge in [-0.3, -0.25) is 0 Å². The second kappa shape index (κ2) is 6.54. The molecule has 0 bridgehead atoms. The zero-order valence-corrected chi connectivity index (χ0v) is 12.4. The Labute approximate surface area is 118 Å². The number of rotatable bonds is 5. The molecule has 0 saturated carbocycles. The summed E-state index contributed by atoms with van der Waals surface area (Å²) >= 11 is 6.98. The van der Waals surface area contributed by atoms with Crippen LogP contribution in [0.2, 0.25) is 0 Å². The average Bonchev–Trinajstić information content (AvgIpc) is 2.81. The Morgan fingerprint density at radius 2 is 2.24 bits per heavy atom. The fourth-order valence-electron chi connectivity index (χ4n) is 1.40. The Kier molecular flexibility index (Phi) is 5.03. The monoisotopic (exact) mass is 328 g/mol. The number of hydrogen-bond donors (Lipinski definition) is 1. The minimum absolute atomic E-state index is 0.151. The Morgan fingerprint density at radius 1 is 1.41 bits per heavy atom. The molecule has 2 rings (SSSR count). The second-order valence-corrected chi connectivity index (χ2v) is 6.53. The molecule has 0 aliphatic heterocycles. The summed E-state index contributed by atoms with van der Waals surface area (Å²) in [5.74, 6) is 0.905. The second-order valence-electron chi connectivity index (χ2n) is 3.63. The van der Waals surface area contributed by atoms with Crippen molar-refractivity contribution >= 4 is 39.0 Å². The maximum absolute atomic E-state index is 6.09. The van der Waals surface area contributed by atoms with Gasteiger partial charge in [0, 0.05) is 39.2 Å². The van der Waals surface area contributed by atoms with Gasteiger partial charge in [0.1, 0.15) is 0 Å². The van der Waals surface area contributed by atoms with Crippen molar-refractivity contribution in [2.45, 2.75) is 17.4 Å². The average molecular weight is 329 g/mol. The highest BCUT2D eigenvalue weighted by Crippen LogP contribution is 2.27. The Bertz CT molecular complexity index is 459. The van der Waals surface area contributed by atoms with Gasteiger partial charge in [0.25, 0.3) is 0 Å². The van der Waals surface area contributed by atoms with Gasteiger partial charge in [0.2, 0.25) is 0 Å². The van der Waals surface area contributed by atoms with Gasteiger partial charge in [-0.05, 0) is 28.1 Å². The van der Waals surface area contributed by atoms with Gasteiger partial charge in [-0.15, -0.1) is 23.1 Å². The third-order valence-electron chi connectivity index (χ3n) is 2.21. The Balaban J connectivity index is 1.84. The van der Waals surface area contributed by atoms with Crippen LogP contribution in [0.15, 0.2) is 45.2 Å². The molecule has 0 spiro atoms. The summed E-state index contributed by atoms with van der Waals surface area (Å²) in [6.07, 6.45) is 2.68. The van der Waals surface area contributed by atoms with E-state index in [-0.39, 0.29) is 6.04 Å². The van der Waals surface area contributed by atoms with Crippen LogP contribution in [0.1, 0.15) is 5.01 Å². The van der Waals surface area contributed by atoms with Crippen LogP contribution in [0.3, 0.4) is 0 Å². The summed E-state index contributed by atoms with van der Waals surface area (Å²) in [6, 6.07) is 8.36. The van der Waals surface area contributed by atoms with E-state index in [1.165, 1.54) is 4.90 Å². The predicted octanol–water partition coefficient (Wildman–Crippen LogP) is 3.57. The lowest BCUT2D eigenvalue weighted by atomic mass is 10.3. The van der Waals surface area contributed by atoms with Crippen molar-refractivity contribution in [1.82, 2.24) is 4.98 Å². The quantitative estimate of drug-likeness (QED) is 0.853. The smallest absolute Gasteiger partial charge is 0.0940 e. The minimum Gasteiger partial charge on any atom is -0.327 e. The molecule has 5 heteroatoms. The molecule has 0 aliphatic carbocycles. The van der Waals surface area contributed by atoms with E-state index < -0.39 is 0 Å². The zero-order chi connectivity index (χ0) is 12.1. The van der Waals surface area contributed by atoms with E-state index in [2.05, 4.69) is 33.0 Å². The number of benzene rings is 1. The number of thiazole rings is 1. The van der Waals surface area contributed by atoms with Gasteiger partial charge in [-0.25, -0.2) is 4.98 Å². The largest absolute Gasteiger partial charge is 0.327 e. The van der Waals surface area contributed by atoms with Crippen molar-refractivity contribution in [2.75, 3.05) is 5.75 Å². The number of thioether (sulfide) groups is 1. The normalized spacial score (nSPS) is 12.6. The molecule has 1 unspecified atom stereocenters. The Morgan fingerprint density at radius 3 is 2.94 bits per heavy atom. The molecular weight excluding hydrogens is 316 g/mol. The van der Waals surface area contributed by atoms with Crippen molar-refractivity contribution in [2.24, 2.45) is 5.73 Å². The number of hydrogen-bond acceptors (Lipinski definition) is 4. The lowest BCUT2D eigenvalue weighted by molar-refractivity contribution is 0.744. The topological polar surface area (TPSA) is 38.9 Å². The molecule has 1 aromatic carbocycles. The maximum Gasteiger partial charge on any atom is 0.0940 e. The van der Waals surface area contributed by atoms with E-state index in [9.17, 15) is 0 Å². The summed E-state index contributed by atoms with van der Waals surface area (Å²) in [6.45, 7) is 0. The SMILES string of the molecule is NC(CSc1ccccc1Br)Cc1nccs1. The van der Waals surface area contributed by atoms with Crippen LogP contribution < -0.4 is 5.73 Å². The van der Waals surface area contributed by atoms with Gasteiger partial charge >= 0.3 is 0 Å². The van der Waals surface area contributed by atoms with Gasteiger partial charge in [0.05, 0.1) is 5.01 Å². The number of nitrogens with zero attached hydrogens (tertiary/aromatic N) is 1. The lowest BCUT2D eigenvalue weighted by Crippen LogP contribution is -2.25. The van der Waals surface area contributed by atoms with Crippen LogP contribution in [0.25, 0.3) is 0 Å². The fourth-order valence-corrected chi connectivity index (χ4v) is 3.63. The van der Waals surface area contributed by atoms with E-state index in [0.29, 0.717) is 0 Å². The Hall–Kier alpha value is -0.360. The first-order valence-corrected chi connectivity index (χ1v) is 7.93. The van der Waals surface area contributed by atoms with Gasteiger partial charge in [-0.1, -0.05) is 12.1 Å². The molecule has 1 aromatic heterocycles. The standard InChI is InChI=1S/C12H13BrN2S2/c13-10-3-1-2-4-11(10)17-8-9(14)7-12-15-5-6-16-12/h1-6,9H,7-8,14H2. The van der Waals surface area contributed by atoms with Crippen molar-refractivity contribution in [3.8, 4) is 0 Å². The molecule has 17 heavy (non-hydrogen) atoms. The van der Waals surface area contributed by atoms with Crippen LogP contribution in [0, 0.1) is 0 Å². The summed E-state index contributed by atoms with van der Waals surface area (Å²) in [7, 11) is 0.